The highest BCUT2D eigenvalue weighted by Gasteiger charge is 2.10. The molecule has 1 unspecified atom stereocenters. The van der Waals surface area contributed by atoms with Gasteiger partial charge in [-0.3, -0.25) is 0 Å². The number of nitrogens with zero attached hydrogens (tertiary/aromatic N) is 4. The SMILES string of the molecule is CC(C)NCC(O)Cn1nnc(-c2ccccc2)n1. The lowest BCUT2D eigenvalue weighted by Crippen LogP contribution is -2.34. The summed E-state index contributed by atoms with van der Waals surface area (Å²) in [7, 11) is 0. The maximum atomic E-state index is 9.84. The normalized spacial score (nSPS) is 12.8. The Balaban J connectivity index is 1.94. The highest BCUT2D eigenvalue weighted by atomic mass is 16.3. The van der Waals surface area contributed by atoms with Crippen molar-refractivity contribution in [3.05, 3.63) is 30.3 Å². The molecule has 0 saturated heterocycles. The van der Waals surface area contributed by atoms with Gasteiger partial charge < -0.3 is 10.4 Å². The average molecular weight is 261 g/mol. The van der Waals surface area contributed by atoms with E-state index in [0.717, 1.165) is 5.56 Å². The molecule has 2 N–H and O–H groups in total. The van der Waals surface area contributed by atoms with E-state index in [0.29, 0.717) is 25.0 Å². The van der Waals surface area contributed by atoms with Gasteiger partial charge in [0.15, 0.2) is 0 Å². The first-order chi connectivity index (χ1) is 9.15. The quantitative estimate of drug-likeness (QED) is 0.800. The fourth-order valence-electron chi connectivity index (χ4n) is 1.65. The van der Waals surface area contributed by atoms with Crippen molar-refractivity contribution >= 4 is 0 Å². The van der Waals surface area contributed by atoms with Crippen molar-refractivity contribution in [2.45, 2.75) is 32.5 Å². The first-order valence-corrected chi connectivity index (χ1v) is 6.40. The molecule has 0 aliphatic carbocycles. The van der Waals surface area contributed by atoms with Crippen LogP contribution in [0.3, 0.4) is 0 Å². The van der Waals surface area contributed by atoms with Crippen molar-refractivity contribution in [2.24, 2.45) is 0 Å². The summed E-state index contributed by atoms with van der Waals surface area (Å²) < 4.78 is 0. The summed E-state index contributed by atoms with van der Waals surface area (Å²) in [5, 5.41) is 25.2. The second-order valence-electron chi connectivity index (χ2n) is 4.75. The van der Waals surface area contributed by atoms with Gasteiger partial charge in [-0.15, -0.1) is 10.2 Å². The van der Waals surface area contributed by atoms with Crippen molar-refractivity contribution in [2.75, 3.05) is 6.54 Å². The summed E-state index contributed by atoms with van der Waals surface area (Å²) >= 11 is 0. The predicted molar refractivity (Wildman–Crippen MR) is 72.4 cm³/mol. The van der Waals surface area contributed by atoms with Crippen LogP contribution in [0.4, 0.5) is 0 Å². The molecular weight excluding hydrogens is 242 g/mol. The Morgan fingerprint density at radius 2 is 2.00 bits per heavy atom. The van der Waals surface area contributed by atoms with Gasteiger partial charge in [0.1, 0.15) is 0 Å². The maximum absolute atomic E-state index is 9.84. The van der Waals surface area contributed by atoms with Gasteiger partial charge in [-0.05, 0) is 5.21 Å². The molecule has 6 nitrogen and oxygen atoms in total. The number of nitrogens with one attached hydrogen (secondary N) is 1. The second-order valence-corrected chi connectivity index (χ2v) is 4.75. The van der Waals surface area contributed by atoms with Crippen LogP contribution in [0.5, 0.6) is 0 Å². The first-order valence-electron chi connectivity index (χ1n) is 6.40. The Labute approximate surface area is 112 Å². The van der Waals surface area contributed by atoms with Crippen molar-refractivity contribution < 1.29 is 5.11 Å². The van der Waals surface area contributed by atoms with E-state index < -0.39 is 6.10 Å². The van der Waals surface area contributed by atoms with Crippen LogP contribution in [0, 0.1) is 0 Å². The Bertz CT molecular complexity index is 497. The third kappa shape index (κ3) is 4.11. The van der Waals surface area contributed by atoms with Crippen LogP contribution in [0.25, 0.3) is 11.4 Å². The number of tetrazole rings is 1. The number of rotatable bonds is 6. The molecule has 0 saturated carbocycles. The van der Waals surface area contributed by atoms with Gasteiger partial charge in [-0.1, -0.05) is 44.2 Å². The number of benzene rings is 1. The van der Waals surface area contributed by atoms with Crippen LogP contribution < -0.4 is 5.32 Å². The van der Waals surface area contributed by atoms with Gasteiger partial charge in [0, 0.05) is 18.2 Å². The average Bonchev–Trinajstić information content (AvgIpc) is 2.86. The molecule has 1 heterocycles. The highest BCUT2D eigenvalue weighted by Crippen LogP contribution is 2.11. The molecule has 1 aromatic carbocycles. The van der Waals surface area contributed by atoms with Crippen molar-refractivity contribution in [1.29, 1.82) is 0 Å². The predicted octanol–water partition coefficient (Wildman–Crippen LogP) is 0.699. The molecule has 2 aromatic rings. The summed E-state index contributed by atoms with van der Waals surface area (Å²) in [5.74, 6) is 0.574. The van der Waals surface area contributed by atoms with E-state index in [1.54, 1.807) is 0 Å². The summed E-state index contributed by atoms with van der Waals surface area (Å²) in [4.78, 5) is 1.43. The molecule has 102 valence electrons. The van der Waals surface area contributed by atoms with E-state index in [4.69, 9.17) is 0 Å². The summed E-state index contributed by atoms with van der Waals surface area (Å²) in [5.41, 5.74) is 0.920. The van der Waals surface area contributed by atoms with Crippen LogP contribution in [-0.2, 0) is 6.54 Å². The topological polar surface area (TPSA) is 75.9 Å². The highest BCUT2D eigenvalue weighted by molar-refractivity contribution is 5.52. The van der Waals surface area contributed by atoms with E-state index >= 15 is 0 Å². The molecule has 0 amide bonds. The maximum Gasteiger partial charge on any atom is 0.204 e. The fraction of sp³-hybridized carbons (Fsp3) is 0.462. The standard InChI is InChI=1S/C13H19N5O/c1-10(2)14-8-12(19)9-18-16-13(15-17-18)11-6-4-3-5-7-11/h3-7,10,12,14,19H,8-9H2,1-2H3. The van der Waals surface area contributed by atoms with Crippen molar-refractivity contribution in [1.82, 2.24) is 25.5 Å². The zero-order chi connectivity index (χ0) is 13.7. The Morgan fingerprint density at radius 1 is 1.26 bits per heavy atom. The zero-order valence-corrected chi connectivity index (χ0v) is 11.2. The van der Waals surface area contributed by atoms with Crippen LogP contribution in [0.1, 0.15) is 13.8 Å². The molecule has 0 spiro atoms. The third-order valence-corrected chi connectivity index (χ3v) is 2.62. The van der Waals surface area contributed by atoms with Gasteiger partial charge in [0.25, 0.3) is 0 Å². The van der Waals surface area contributed by atoms with E-state index in [1.165, 1.54) is 4.80 Å². The third-order valence-electron chi connectivity index (χ3n) is 2.62. The van der Waals surface area contributed by atoms with Crippen LogP contribution in [0.15, 0.2) is 30.3 Å². The molecule has 0 aliphatic rings. The van der Waals surface area contributed by atoms with Gasteiger partial charge in [-0.2, -0.15) is 4.80 Å². The van der Waals surface area contributed by atoms with Gasteiger partial charge in [-0.25, -0.2) is 0 Å². The fourth-order valence-corrected chi connectivity index (χ4v) is 1.65. The molecule has 0 fully saturated rings. The number of hydrogen-bond donors (Lipinski definition) is 2. The number of aliphatic hydroxyl groups excluding tert-OH is 1. The lowest BCUT2D eigenvalue weighted by Gasteiger charge is -2.12. The Morgan fingerprint density at radius 3 is 2.68 bits per heavy atom. The summed E-state index contributed by atoms with van der Waals surface area (Å²) in [6, 6.07) is 10.00. The van der Waals surface area contributed by atoms with E-state index in [1.807, 2.05) is 44.2 Å². The van der Waals surface area contributed by atoms with E-state index in [9.17, 15) is 5.11 Å². The van der Waals surface area contributed by atoms with Crippen LogP contribution in [-0.4, -0.2) is 44.0 Å². The molecule has 0 radical (unpaired) electrons. The Kier molecular flexibility index (Phi) is 4.59. The molecule has 19 heavy (non-hydrogen) atoms. The largest absolute Gasteiger partial charge is 0.390 e. The molecule has 1 atom stereocenters. The van der Waals surface area contributed by atoms with Gasteiger partial charge >= 0.3 is 0 Å². The van der Waals surface area contributed by atoms with Gasteiger partial charge in [0.05, 0.1) is 12.6 Å². The van der Waals surface area contributed by atoms with Crippen LogP contribution >= 0.6 is 0 Å². The lowest BCUT2D eigenvalue weighted by atomic mass is 10.2. The minimum Gasteiger partial charge on any atom is -0.390 e. The second kappa shape index (κ2) is 6.40. The number of hydrogen-bond acceptors (Lipinski definition) is 5. The Hall–Kier alpha value is -1.79. The molecule has 1 aromatic heterocycles. The summed E-state index contributed by atoms with van der Waals surface area (Å²) in [6.07, 6.45) is -0.528. The summed E-state index contributed by atoms with van der Waals surface area (Å²) in [6.45, 7) is 4.92. The number of aliphatic hydroxyl groups is 1. The minimum atomic E-state index is -0.528. The molecule has 0 aliphatic heterocycles. The van der Waals surface area contributed by atoms with E-state index in [2.05, 4.69) is 20.7 Å². The van der Waals surface area contributed by atoms with Crippen LogP contribution in [0.2, 0.25) is 0 Å². The minimum absolute atomic E-state index is 0.333. The van der Waals surface area contributed by atoms with Crippen molar-refractivity contribution in [3.8, 4) is 11.4 Å². The molecule has 2 rings (SSSR count). The zero-order valence-electron chi connectivity index (χ0n) is 11.2. The smallest absolute Gasteiger partial charge is 0.204 e. The molecule has 0 bridgehead atoms. The molecule has 6 heteroatoms. The van der Waals surface area contributed by atoms with Crippen molar-refractivity contribution in [3.63, 3.8) is 0 Å². The lowest BCUT2D eigenvalue weighted by molar-refractivity contribution is 0.138. The first kappa shape index (κ1) is 13.6. The monoisotopic (exact) mass is 261 g/mol. The van der Waals surface area contributed by atoms with E-state index in [-0.39, 0.29) is 0 Å². The van der Waals surface area contributed by atoms with Gasteiger partial charge in [0.2, 0.25) is 5.82 Å². The molecular formula is C13H19N5O. The number of aromatic nitrogens is 4.